The summed E-state index contributed by atoms with van der Waals surface area (Å²) < 4.78 is 6.36. The average Bonchev–Trinajstić information content (AvgIpc) is 3.06. The molecule has 3 fully saturated rings. The van der Waals surface area contributed by atoms with Gasteiger partial charge in [0.25, 0.3) is 0 Å². The molecule has 0 unspecified atom stereocenters. The van der Waals surface area contributed by atoms with Gasteiger partial charge in [-0.3, -0.25) is 4.98 Å². The van der Waals surface area contributed by atoms with Crippen molar-refractivity contribution in [3.63, 3.8) is 0 Å². The van der Waals surface area contributed by atoms with Crippen molar-refractivity contribution >= 4 is 0 Å². The van der Waals surface area contributed by atoms with E-state index in [9.17, 15) is 5.11 Å². The van der Waals surface area contributed by atoms with Gasteiger partial charge < -0.3 is 9.84 Å². The highest BCUT2D eigenvalue weighted by molar-refractivity contribution is 5.25. The van der Waals surface area contributed by atoms with Gasteiger partial charge in [-0.2, -0.15) is 0 Å². The summed E-state index contributed by atoms with van der Waals surface area (Å²) in [4.78, 5) is 4.22. The minimum absolute atomic E-state index is 0.110. The maximum absolute atomic E-state index is 10.2. The third-order valence-corrected chi connectivity index (χ3v) is 9.67. The van der Waals surface area contributed by atoms with Gasteiger partial charge in [0, 0.05) is 12.1 Å². The SMILES string of the molecule is C[C@H](Oc1cccnc1)[C@H]1CC[C@H]2[C@@H]3CC=C4C[C@@H](O)CC[C@]4(C)[C@H]3CC[C@]12C. The van der Waals surface area contributed by atoms with E-state index in [0.29, 0.717) is 16.7 Å². The Labute approximate surface area is 176 Å². The lowest BCUT2D eigenvalue weighted by Crippen LogP contribution is -2.51. The van der Waals surface area contributed by atoms with E-state index in [1.165, 1.54) is 38.5 Å². The molecule has 8 atom stereocenters. The van der Waals surface area contributed by atoms with Crippen LogP contribution < -0.4 is 4.74 Å². The molecule has 158 valence electrons. The number of aliphatic hydroxyl groups excluding tert-OH is 1. The molecule has 3 heteroatoms. The fourth-order valence-electron chi connectivity index (χ4n) is 8.17. The standard InChI is InChI=1S/C26H37NO2/c1-17(29-20-5-4-14-27-16-20)22-8-9-23-21-7-6-18-15-19(28)10-12-25(18,2)24(21)11-13-26(22,23)3/h4-6,14,16-17,19,21-24,28H,7-13,15H2,1-3H3/t17-,19-,21-,22+,23-,24-,25-,26+/m0/s1. The molecular formula is C26H37NO2. The second-order valence-corrected chi connectivity index (χ2v) is 10.9. The van der Waals surface area contributed by atoms with Crippen LogP contribution in [0.1, 0.15) is 72.1 Å². The Kier molecular flexibility index (Phi) is 4.81. The van der Waals surface area contributed by atoms with Crippen molar-refractivity contribution in [1.29, 1.82) is 0 Å². The van der Waals surface area contributed by atoms with Crippen LogP contribution in [0.4, 0.5) is 0 Å². The molecule has 0 amide bonds. The first-order valence-electron chi connectivity index (χ1n) is 11.9. The Bertz CT molecular complexity index is 776. The highest BCUT2D eigenvalue weighted by Gasteiger charge is 2.59. The molecule has 3 saturated carbocycles. The lowest BCUT2D eigenvalue weighted by atomic mass is 9.47. The van der Waals surface area contributed by atoms with Gasteiger partial charge in [-0.25, -0.2) is 0 Å². The van der Waals surface area contributed by atoms with Crippen molar-refractivity contribution in [2.45, 2.75) is 84.3 Å². The van der Waals surface area contributed by atoms with E-state index in [0.717, 1.165) is 36.3 Å². The van der Waals surface area contributed by atoms with Crippen LogP contribution in [0.2, 0.25) is 0 Å². The van der Waals surface area contributed by atoms with Gasteiger partial charge in [0.15, 0.2) is 0 Å². The van der Waals surface area contributed by atoms with Crippen LogP contribution in [0.15, 0.2) is 36.2 Å². The Balaban J connectivity index is 1.37. The predicted octanol–water partition coefficient (Wildman–Crippen LogP) is 5.79. The topological polar surface area (TPSA) is 42.4 Å². The zero-order chi connectivity index (χ0) is 20.2. The second-order valence-electron chi connectivity index (χ2n) is 10.9. The molecule has 1 aromatic heterocycles. The average molecular weight is 396 g/mol. The number of ether oxygens (including phenoxy) is 1. The molecule has 1 N–H and O–H groups in total. The van der Waals surface area contributed by atoms with Crippen LogP contribution in [-0.2, 0) is 0 Å². The minimum atomic E-state index is -0.110. The Morgan fingerprint density at radius 3 is 2.79 bits per heavy atom. The molecular weight excluding hydrogens is 358 g/mol. The molecule has 0 radical (unpaired) electrons. The first kappa shape index (κ1) is 19.6. The predicted molar refractivity (Wildman–Crippen MR) is 116 cm³/mol. The van der Waals surface area contributed by atoms with Crippen molar-refractivity contribution in [3.05, 3.63) is 36.2 Å². The van der Waals surface area contributed by atoms with Crippen molar-refractivity contribution in [1.82, 2.24) is 4.98 Å². The van der Waals surface area contributed by atoms with Gasteiger partial charge in [-0.05, 0) is 99.0 Å². The Morgan fingerprint density at radius 2 is 2.00 bits per heavy atom. The summed E-state index contributed by atoms with van der Waals surface area (Å²) in [5.74, 6) is 3.96. The molecule has 4 aliphatic carbocycles. The van der Waals surface area contributed by atoms with Gasteiger partial charge in [-0.15, -0.1) is 0 Å². The maximum atomic E-state index is 10.2. The van der Waals surface area contributed by atoms with Gasteiger partial charge in [0.1, 0.15) is 5.75 Å². The van der Waals surface area contributed by atoms with Crippen LogP contribution in [0, 0.1) is 34.5 Å². The van der Waals surface area contributed by atoms with E-state index in [-0.39, 0.29) is 12.2 Å². The lowest BCUT2D eigenvalue weighted by molar-refractivity contribution is -0.0643. The van der Waals surface area contributed by atoms with Crippen molar-refractivity contribution < 1.29 is 9.84 Å². The highest BCUT2D eigenvalue weighted by atomic mass is 16.5. The highest BCUT2D eigenvalue weighted by Crippen LogP contribution is 2.66. The number of hydrogen-bond acceptors (Lipinski definition) is 3. The smallest absolute Gasteiger partial charge is 0.137 e. The number of aromatic nitrogens is 1. The summed E-state index contributed by atoms with van der Waals surface area (Å²) in [6.07, 6.45) is 15.9. The normalized spacial score (nSPS) is 44.8. The molecule has 0 saturated heterocycles. The van der Waals surface area contributed by atoms with E-state index < -0.39 is 0 Å². The number of nitrogens with zero attached hydrogens (tertiary/aromatic N) is 1. The largest absolute Gasteiger partial charge is 0.489 e. The number of pyridine rings is 1. The monoisotopic (exact) mass is 395 g/mol. The summed E-state index contributed by atoms with van der Waals surface area (Å²) in [5, 5.41) is 10.2. The zero-order valence-corrected chi connectivity index (χ0v) is 18.3. The lowest BCUT2D eigenvalue weighted by Gasteiger charge is -2.58. The zero-order valence-electron chi connectivity index (χ0n) is 18.3. The minimum Gasteiger partial charge on any atom is -0.489 e. The van der Waals surface area contributed by atoms with Gasteiger partial charge >= 0.3 is 0 Å². The molecule has 0 aliphatic heterocycles. The molecule has 0 bridgehead atoms. The maximum Gasteiger partial charge on any atom is 0.137 e. The number of allylic oxidation sites excluding steroid dienone is 1. The summed E-state index contributed by atoms with van der Waals surface area (Å²) in [7, 11) is 0. The van der Waals surface area contributed by atoms with E-state index in [2.05, 4.69) is 31.8 Å². The van der Waals surface area contributed by atoms with Gasteiger partial charge in [0.2, 0.25) is 0 Å². The molecule has 1 aromatic rings. The van der Waals surface area contributed by atoms with E-state index in [1.807, 2.05) is 18.3 Å². The van der Waals surface area contributed by atoms with Crippen molar-refractivity contribution in [2.75, 3.05) is 0 Å². The molecule has 4 aliphatic rings. The number of hydrogen-bond donors (Lipinski definition) is 1. The first-order chi connectivity index (χ1) is 13.9. The van der Waals surface area contributed by atoms with Crippen LogP contribution in [0.25, 0.3) is 0 Å². The summed E-state index contributed by atoms with van der Waals surface area (Å²) in [5.41, 5.74) is 2.29. The molecule has 5 rings (SSSR count). The quantitative estimate of drug-likeness (QED) is 0.659. The number of aliphatic hydroxyl groups is 1. The number of rotatable bonds is 3. The van der Waals surface area contributed by atoms with Crippen LogP contribution >= 0.6 is 0 Å². The van der Waals surface area contributed by atoms with E-state index >= 15 is 0 Å². The fraction of sp³-hybridized carbons (Fsp3) is 0.731. The molecule has 0 spiro atoms. The molecule has 3 nitrogen and oxygen atoms in total. The molecule has 1 heterocycles. The molecule has 29 heavy (non-hydrogen) atoms. The molecule has 0 aromatic carbocycles. The van der Waals surface area contributed by atoms with E-state index in [1.54, 1.807) is 11.8 Å². The van der Waals surface area contributed by atoms with Crippen LogP contribution in [0.5, 0.6) is 5.75 Å². The van der Waals surface area contributed by atoms with Gasteiger partial charge in [-0.1, -0.05) is 25.5 Å². The summed E-state index contributed by atoms with van der Waals surface area (Å²) in [6.45, 7) is 7.37. The van der Waals surface area contributed by atoms with E-state index in [4.69, 9.17) is 4.74 Å². The van der Waals surface area contributed by atoms with Crippen molar-refractivity contribution in [2.24, 2.45) is 34.5 Å². The Morgan fingerprint density at radius 1 is 1.14 bits per heavy atom. The Hall–Kier alpha value is -1.35. The van der Waals surface area contributed by atoms with Crippen molar-refractivity contribution in [3.8, 4) is 5.75 Å². The van der Waals surface area contributed by atoms with Gasteiger partial charge in [0.05, 0.1) is 18.4 Å². The summed E-state index contributed by atoms with van der Waals surface area (Å²) >= 11 is 0. The van der Waals surface area contributed by atoms with Crippen LogP contribution in [0.3, 0.4) is 0 Å². The second kappa shape index (κ2) is 7.11. The first-order valence-corrected chi connectivity index (χ1v) is 11.9. The van der Waals surface area contributed by atoms with Crippen LogP contribution in [-0.4, -0.2) is 22.3 Å². The summed E-state index contributed by atoms with van der Waals surface area (Å²) in [6, 6.07) is 3.99. The fourth-order valence-corrected chi connectivity index (χ4v) is 8.17. The number of fused-ring (bicyclic) bond motifs is 5. The third kappa shape index (κ3) is 3.07. The third-order valence-electron chi connectivity index (χ3n) is 9.67.